The van der Waals surface area contributed by atoms with E-state index >= 15 is 0 Å². The molecular formula is C51H36N2. The molecule has 0 spiro atoms. The quantitative estimate of drug-likeness (QED) is 0.176. The molecule has 0 saturated carbocycles. The zero-order valence-corrected chi connectivity index (χ0v) is 29.7. The molecule has 0 amide bonds. The molecule has 0 saturated heterocycles. The Morgan fingerprint density at radius 2 is 0.925 bits per heavy atom. The number of hydrogen-bond acceptors (Lipinski definition) is 1. The van der Waals surface area contributed by atoms with Crippen LogP contribution in [-0.4, -0.2) is 4.40 Å². The first-order chi connectivity index (χ1) is 26.0. The molecule has 8 aromatic carbocycles. The molecule has 10 aromatic rings. The number of fused-ring (bicyclic) bond motifs is 9. The summed E-state index contributed by atoms with van der Waals surface area (Å²) in [4.78, 5) is 2.40. The normalized spacial score (nSPS) is 13.2. The van der Waals surface area contributed by atoms with Crippen molar-refractivity contribution in [3.05, 3.63) is 193 Å². The van der Waals surface area contributed by atoms with E-state index in [0.717, 1.165) is 17.1 Å². The van der Waals surface area contributed by atoms with Gasteiger partial charge >= 0.3 is 0 Å². The molecule has 0 atom stereocenters. The van der Waals surface area contributed by atoms with Crippen molar-refractivity contribution in [1.82, 2.24) is 4.40 Å². The van der Waals surface area contributed by atoms with Gasteiger partial charge in [0.1, 0.15) is 0 Å². The van der Waals surface area contributed by atoms with Crippen LogP contribution in [0.1, 0.15) is 25.0 Å². The van der Waals surface area contributed by atoms with Gasteiger partial charge in [-0.05, 0) is 93.0 Å². The fraction of sp³-hybridized carbons (Fsp3) is 0.0588. The standard InChI is InChI=1S/C51H36N2/c1-51(2)46-17-8-6-13-40(46)41-29-23-36(31-47(41)51)35-21-26-38(27-22-35)52(37-24-19-34(20-25-37)33-11-4-3-5-12-33)39-28-30-43-45-16-10-15-44-42-14-7-9-18-48(42)53(50(44)45)49(43)32-39/h3-32H,1-2H3. The van der Waals surface area contributed by atoms with Crippen LogP contribution in [0.3, 0.4) is 0 Å². The molecule has 2 aromatic heterocycles. The second-order valence-electron chi connectivity index (χ2n) is 15.0. The molecule has 0 bridgehead atoms. The third-order valence-corrected chi connectivity index (χ3v) is 11.7. The van der Waals surface area contributed by atoms with Crippen molar-refractivity contribution in [2.24, 2.45) is 0 Å². The highest BCUT2D eigenvalue weighted by molar-refractivity contribution is 6.23. The molecule has 0 aliphatic heterocycles. The number of para-hydroxylation sites is 2. The van der Waals surface area contributed by atoms with Crippen molar-refractivity contribution in [1.29, 1.82) is 0 Å². The minimum atomic E-state index is -0.0333. The summed E-state index contributed by atoms with van der Waals surface area (Å²) in [6, 6.07) is 67.0. The maximum Gasteiger partial charge on any atom is 0.0620 e. The van der Waals surface area contributed by atoms with E-state index in [1.54, 1.807) is 0 Å². The van der Waals surface area contributed by atoms with E-state index in [-0.39, 0.29) is 5.41 Å². The Labute approximate surface area is 309 Å². The Morgan fingerprint density at radius 3 is 1.68 bits per heavy atom. The molecule has 250 valence electrons. The lowest BCUT2D eigenvalue weighted by molar-refractivity contribution is 0.660. The minimum Gasteiger partial charge on any atom is -0.310 e. The summed E-state index contributed by atoms with van der Waals surface area (Å²) in [6.45, 7) is 4.70. The molecule has 1 aliphatic rings. The fourth-order valence-electron chi connectivity index (χ4n) is 9.13. The van der Waals surface area contributed by atoms with Crippen LogP contribution in [0.15, 0.2) is 182 Å². The van der Waals surface area contributed by atoms with Gasteiger partial charge in [0, 0.05) is 44.0 Å². The molecule has 11 rings (SSSR count). The van der Waals surface area contributed by atoms with Gasteiger partial charge in [-0.25, -0.2) is 0 Å². The minimum absolute atomic E-state index is 0.0333. The van der Waals surface area contributed by atoms with E-state index in [2.05, 4.69) is 205 Å². The van der Waals surface area contributed by atoms with Gasteiger partial charge < -0.3 is 9.30 Å². The molecule has 2 nitrogen and oxygen atoms in total. The van der Waals surface area contributed by atoms with Crippen molar-refractivity contribution in [2.45, 2.75) is 19.3 Å². The van der Waals surface area contributed by atoms with Gasteiger partial charge in [0.2, 0.25) is 0 Å². The maximum atomic E-state index is 2.46. The summed E-state index contributed by atoms with van der Waals surface area (Å²) in [5, 5.41) is 5.17. The predicted octanol–water partition coefficient (Wildman–Crippen LogP) is 13.9. The van der Waals surface area contributed by atoms with Crippen LogP contribution in [0.5, 0.6) is 0 Å². The lowest BCUT2D eigenvalue weighted by Crippen LogP contribution is -2.14. The lowest BCUT2D eigenvalue weighted by Gasteiger charge is -2.26. The van der Waals surface area contributed by atoms with Crippen LogP contribution in [0.25, 0.3) is 71.5 Å². The summed E-state index contributed by atoms with van der Waals surface area (Å²) in [6.07, 6.45) is 0. The molecule has 0 N–H and O–H groups in total. The first-order valence-electron chi connectivity index (χ1n) is 18.5. The summed E-state index contributed by atoms with van der Waals surface area (Å²) in [7, 11) is 0. The average Bonchev–Trinajstić information content (AvgIpc) is 3.81. The highest BCUT2D eigenvalue weighted by Gasteiger charge is 2.35. The highest BCUT2D eigenvalue weighted by atomic mass is 15.1. The smallest absolute Gasteiger partial charge is 0.0620 e. The number of hydrogen-bond donors (Lipinski definition) is 0. The molecule has 0 fully saturated rings. The summed E-state index contributed by atoms with van der Waals surface area (Å²) >= 11 is 0. The Bertz CT molecular complexity index is 3000. The number of nitrogens with zero attached hydrogens (tertiary/aromatic N) is 2. The molecule has 2 heteroatoms. The van der Waals surface area contributed by atoms with Gasteiger partial charge in [0.05, 0.1) is 16.6 Å². The third-order valence-electron chi connectivity index (χ3n) is 11.7. The third kappa shape index (κ3) is 4.39. The van der Waals surface area contributed by atoms with E-state index in [4.69, 9.17) is 0 Å². The number of aromatic nitrogens is 1. The van der Waals surface area contributed by atoms with Crippen LogP contribution in [-0.2, 0) is 5.41 Å². The van der Waals surface area contributed by atoms with Gasteiger partial charge in [-0.1, -0.05) is 147 Å². The molecule has 0 radical (unpaired) electrons. The zero-order chi connectivity index (χ0) is 35.3. The van der Waals surface area contributed by atoms with E-state index in [9.17, 15) is 0 Å². The Kier molecular flexibility index (Phi) is 6.33. The Hall–Kier alpha value is -6.64. The number of rotatable bonds is 5. The van der Waals surface area contributed by atoms with E-state index in [1.165, 1.54) is 82.6 Å². The average molecular weight is 677 g/mol. The van der Waals surface area contributed by atoms with Crippen molar-refractivity contribution < 1.29 is 0 Å². The molecule has 1 aliphatic carbocycles. The zero-order valence-electron chi connectivity index (χ0n) is 29.7. The monoisotopic (exact) mass is 676 g/mol. The van der Waals surface area contributed by atoms with Crippen molar-refractivity contribution in [2.75, 3.05) is 4.90 Å². The van der Waals surface area contributed by atoms with Gasteiger partial charge in [-0.3, -0.25) is 0 Å². The largest absolute Gasteiger partial charge is 0.310 e. The molecule has 0 unspecified atom stereocenters. The summed E-state index contributed by atoms with van der Waals surface area (Å²) in [5.74, 6) is 0. The van der Waals surface area contributed by atoms with Gasteiger partial charge in [-0.15, -0.1) is 0 Å². The Morgan fingerprint density at radius 1 is 0.377 bits per heavy atom. The topological polar surface area (TPSA) is 7.65 Å². The van der Waals surface area contributed by atoms with Crippen molar-refractivity contribution in [3.63, 3.8) is 0 Å². The van der Waals surface area contributed by atoms with Gasteiger partial charge in [0.25, 0.3) is 0 Å². The molecular weight excluding hydrogens is 641 g/mol. The SMILES string of the molecule is CC1(C)c2ccccc2-c2ccc(-c3ccc(N(c4ccc(-c5ccccc5)cc4)c4ccc5c6cccc7c8ccccc8n(c5c4)c76)cc3)cc21. The summed E-state index contributed by atoms with van der Waals surface area (Å²) < 4.78 is 2.46. The van der Waals surface area contributed by atoms with E-state index in [0.29, 0.717) is 0 Å². The summed E-state index contributed by atoms with van der Waals surface area (Å²) in [5.41, 5.74) is 17.5. The molecule has 2 heterocycles. The van der Waals surface area contributed by atoms with Gasteiger partial charge in [0.15, 0.2) is 0 Å². The van der Waals surface area contributed by atoms with E-state index in [1.807, 2.05) is 0 Å². The van der Waals surface area contributed by atoms with Crippen molar-refractivity contribution >= 4 is 55.2 Å². The second kappa shape index (κ2) is 11.2. The number of anilines is 3. The first kappa shape index (κ1) is 30.0. The Balaban J connectivity index is 1.05. The lowest BCUT2D eigenvalue weighted by atomic mass is 9.81. The van der Waals surface area contributed by atoms with Crippen molar-refractivity contribution in [3.8, 4) is 33.4 Å². The second-order valence-corrected chi connectivity index (χ2v) is 15.0. The van der Waals surface area contributed by atoms with Crippen LogP contribution in [0.2, 0.25) is 0 Å². The van der Waals surface area contributed by atoms with Gasteiger partial charge in [-0.2, -0.15) is 0 Å². The van der Waals surface area contributed by atoms with Crippen LogP contribution in [0, 0.1) is 0 Å². The van der Waals surface area contributed by atoms with Crippen LogP contribution >= 0.6 is 0 Å². The van der Waals surface area contributed by atoms with Crippen LogP contribution < -0.4 is 4.90 Å². The first-order valence-corrected chi connectivity index (χ1v) is 18.5. The van der Waals surface area contributed by atoms with Crippen LogP contribution in [0.4, 0.5) is 17.1 Å². The predicted molar refractivity (Wildman–Crippen MR) is 224 cm³/mol. The maximum absolute atomic E-state index is 2.46. The van der Waals surface area contributed by atoms with E-state index < -0.39 is 0 Å². The number of benzene rings is 8. The highest BCUT2D eigenvalue weighted by Crippen LogP contribution is 2.50. The molecule has 53 heavy (non-hydrogen) atoms. The fourth-order valence-corrected chi connectivity index (χ4v) is 9.13.